The standard InChI is InChI=1S/C14H6ClF3N2OS/c15-8-4-7(16)5-11-12(8)19-14(22-11)20-13(21)6-1-2-9(17)10(18)3-6/h1-5H,(H,19,20,21). The third kappa shape index (κ3) is 2.77. The summed E-state index contributed by atoms with van der Waals surface area (Å²) in [5.41, 5.74) is 0.295. The number of anilines is 1. The summed E-state index contributed by atoms with van der Waals surface area (Å²) in [6, 6.07) is 5.14. The number of carbonyl (C=O) groups is 1. The number of nitrogens with one attached hydrogen (secondary N) is 1. The van der Waals surface area contributed by atoms with Gasteiger partial charge in [-0.15, -0.1) is 0 Å². The Kier molecular flexibility index (Phi) is 3.76. The first-order chi connectivity index (χ1) is 10.4. The second-order valence-corrected chi connectivity index (χ2v) is 5.77. The minimum atomic E-state index is -1.12. The molecule has 3 aromatic rings. The van der Waals surface area contributed by atoms with Gasteiger partial charge >= 0.3 is 0 Å². The van der Waals surface area contributed by atoms with Crippen LogP contribution >= 0.6 is 22.9 Å². The van der Waals surface area contributed by atoms with Crippen molar-refractivity contribution in [2.45, 2.75) is 0 Å². The van der Waals surface area contributed by atoms with Crippen molar-refractivity contribution in [3.63, 3.8) is 0 Å². The van der Waals surface area contributed by atoms with Gasteiger partial charge in [-0.05, 0) is 30.3 Å². The van der Waals surface area contributed by atoms with E-state index >= 15 is 0 Å². The van der Waals surface area contributed by atoms with Gasteiger partial charge in [-0.1, -0.05) is 22.9 Å². The number of nitrogens with zero attached hydrogens (tertiary/aromatic N) is 1. The molecule has 0 atom stereocenters. The molecule has 0 saturated carbocycles. The molecule has 112 valence electrons. The van der Waals surface area contributed by atoms with Crippen LogP contribution in [0.3, 0.4) is 0 Å². The van der Waals surface area contributed by atoms with Gasteiger partial charge in [0.15, 0.2) is 16.8 Å². The third-order valence-electron chi connectivity index (χ3n) is 2.82. The molecule has 3 nitrogen and oxygen atoms in total. The van der Waals surface area contributed by atoms with E-state index in [4.69, 9.17) is 11.6 Å². The highest BCUT2D eigenvalue weighted by Gasteiger charge is 2.14. The molecule has 0 unspecified atom stereocenters. The quantitative estimate of drug-likeness (QED) is 0.738. The summed E-state index contributed by atoms with van der Waals surface area (Å²) in [6.45, 7) is 0. The summed E-state index contributed by atoms with van der Waals surface area (Å²) >= 11 is 6.89. The maximum atomic E-state index is 13.2. The van der Waals surface area contributed by atoms with Gasteiger partial charge in [0.05, 0.1) is 9.72 Å². The Bertz CT molecular complexity index is 897. The van der Waals surface area contributed by atoms with Gasteiger partial charge in [0, 0.05) is 5.56 Å². The van der Waals surface area contributed by atoms with Crippen LogP contribution in [0.1, 0.15) is 10.4 Å². The Balaban J connectivity index is 1.90. The molecule has 0 aliphatic rings. The highest BCUT2D eigenvalue weighted by molar-refractivity contribution is 7.22. The van der Waals surface area contributed by atoms with Crippen LogP contribution in [0, 0.1) is 17.5 Å². The van der Waals surface area contributed by atoms with Crippen molar-refractivity contribution in [1.82, 2.24) is 4.98 Å². The number of halogens is 4. The summed E-state index contributed by atoms with van der Waals surface area (Å²) in [6.07, 6.45) is 0. The molecular formula is C14H6ClF3N2OS. The van der Waals surface area contributed by atoms with Crippen LogP contribution in [0.15, 0.2) is 30.3 Å². The lowest BCUT2D eigenvalue weighted by atomic mass is 10.2. The Morgan fingerprint density at radius 2 is 1.91 bits per heavy atom. The van der Waals surface area contributed by atoms with E-state index in [9.17, 15) is 18.0 Å². The minimum Gasteiger partial charge on any atom is -0.298 e. The molecule has 0 aliphatic carbocycles. The predicted octanol–water partition coefficient (Wildman–Crippen LogP) is 4.62. The average molecular weight is 343 g/mol. The second kappa shape index (κ2) is 5.58. The number of hydrogen-bond acceptors (Lipinski definition) is 3. The molecule has 0 spiro atoms. The number of rotatable bonds is 2. The maximum absolute atomic E-state index is 13.2. The highest BCUT2D eigenvalue weighted by Crippen LogP contribution is 2.32. The fraction of sp³-hybridized carbons (Fsp3) is 0. The Morgan fingerprint density at radius 1 is 1.14 bits per heavy atom. The van der Waals surface area contributed by atoms with Crippen LogP contribution in [-0.2, 0) is 0 Å². The van der Waals surface area contributed by atoms with E-state index in [1.807, 2.05) is 0 Å². The monoisotopic (exact) mass is 342 g/mol. The number of carbonyl (C=O) groups excluding carboxylic acids is 1. The smallest absolute Gasteiger partial charge is 0.257 e. The molecule has 22 heavy (non-hydrogen) atoms. The van der Waals surface area contributed by atoms with Gasteiger partial charge in [0.1, 0.15) is 11.3 Å². The molecule has 8 heteroatoms. The van der Waals surface area contributed by atoms with Crippen LogP contribution in [-0.4, -0.2) is 10.9 Å². The summed E-state index contributed by atoms with van der Waals surface area (Å²) in [5.74, 6) is -3.34. The number of benzene rings is 2. The van der Waals surface area contributed by atoms with E-state index in [-0.39, 0.29) is 15.7 Å². The minimum absolute atomic E-state index is 0.0598. The molecule has 1 N–H and O–H groups in total. The first kappa shape index (κ1) is 14.8. The lowest BCUT2D eigenvalue weighted by molar-refractivity contribution is 0.102. The number of fused-ring (bicyclic) bond motifs is 1. The molecule has 1 amide bonds. The van der Waals surface area contributed by atoms with Crippen LogP contribution in [0.2, 0.25) is 5.02 Å². The number of aromatic nitrogens is 1. The Morgan fingerprint density at radius 3 is 2.64 bits per heavy atom. The Labute approximate surface area is 131 Å². The van der Waals surface area contributed by atoms with Crippen molar-refractivity contribution in [3.05, 3.63) is 58.4 Å². The molecule has 0 saturated heterocycles. The fourth-order valence-electron chi connectivity index (χ4n) is 1.82. The molecule has 0 bridgehead atoms. The SMILES string of the molecule is O=C(Nc1nc2c(Cl)cc(F)cc2s1)c1ccc(F)c(F)c1. The summed E-state index contributed by atoms with van der Waals surface area (Å²) < 4.78 is 39.7. The van der Waals surface area contributed by atoms with Crippen molar-refractivity contribution < 1.29 is 18.0 Å². The summed E-state index contributed by atoms with van der Waals surface area (Å²) in [7, 11) is 0. The van der Waals surface area contributed by atoms with Crippen LogP contribution in [0.4, 0.5) is 18.3 Å². The summed E-state index contributed by atoms with van der Waals surface area (Å²) in [5, 5.41) is 2.74. The molecule has 0 fully saturated rings. The van der Waals surface area contributed by atoms with Gasteiger partial charge in [0.25, 0.3) is 5.91 Å². The van der Waals surface area contributed by atoms with E-state index in [0.717, 1.165) is 35.6 Å². The van der Waals surface area contributed by atoms with Crippen LogP contribution in [0.25, 0.3) is 10.2 Å². The number of hydrogen-bond donors (Lipinski definition) is 1. The largest absolute Gasteiger partial charge is 0.298 e. The van der Waals surface area contributed by atoms with Crippen molar-refractivity contribution in [3.8, 4) is 0 Å². The first-order valence-electron chi connectivity index (χ1n) is 5.96. The van der Waals surface area contributed by atoms with Gasteiger partial charge in [-0.3, -0.25) is 10.1 Å². The lowest BCUT2D eigenvalue weighted by Gasteiger charge is -2.01. The van der Waals surface area contributed by atoms with Crippen molar-refractivity contribution in [2.75, 3.05) is 5.32 Å². The van der Waals surface area contributed by atoms with Gasteiger partial charge in [-0.2, -0.15) is 0 Å². The fourth-order valence-corrected chi connectivity index (χ4v) is 3.03. The lowest BCUT2D eigenvalue weighted by Crippen LogP contribution is -2.12. The molecule has 1 heterocycles. The zero-order valence-corrected chi connectivity index (χ0v) is 12.2. The number of thiazole rings is 1. The van der Waals surface area contributed by atoms with E-state index < -0.39 is 23.4 Å². The van der Waals surface area contributed by atoms with Gasteiger partial charge in [0.2, 0.25) is 0 Å². The molecule has 3 rings (SSSR count). The molecule has 0 radical (unpaired) electrons. The first-order valence-corrected chi connectivity index (χ1v) is 7.15. The van der Waals surface area contributed by atoms with Crippen molar-refractivity contribution >= 4 is 44.2 Å². The van der Waals surface area contributed by atoms with E-state index in [0.29, 0.717) is 10.2 Å². The van der Waals surface area contributed by atoms with Gasteiger partial charge < -0.3 is 0 Å². The molecule has 1 aromatic heterocycles. The molecular weight excluding hydrogens is 337 g/mol. The molecule has 2 aromatic carbocycles. The topological polar surface area (TPSA) is 42.0 Å². The second-order valence-electron chi connectivity index (χ2n) is 4.34. The third-order valence-corrected chi connectivity index (χ3v) is 4.02. The van der Waals surface area contributed by atoms with E-state index in [1.54, 1.807) is 0 Å². The van der Waals surface area contributed by atoms with Crippen molar-refractivity contribution in [1.29, 1.82) is 0 Å². The van der Waals surface area contributed by atoms with Crippen molar-refractivity contribution in [2.24, 2.45) is 0 Å². The summed E-state index contributed by atoms with van der Waals surface area (Å²) in [4.78, 5) is 16.0. The van der Waals surface area contributed by atoms with E-state index in [2.05, 4.69) is 10.3 Å². The zero-order valence-electron chi connectivity index (χ0n) is 10.7. The van der Waals surface area contributed by atoms with Crippen LogP contribution in [0.5, 0.6) is 0 Å². The maximum Gasteiger partial charge on any atom is 0.257 e. The van der Waals surface area contributed by atoms with E-state index in [1.165, 1.54) is 6.07 Å². The predicted molar refractivity (Wildman–Crippen MR) is 78.9 cm³/mol. The normalized spacial score (nSPS) is 10.9. The van der Waals surface area contributed by atoms with Gasteiger partial charge in [-0.25, -0.2) is 18.2 Å². The Hall–Kier alpha value is -2.12. The highest BCUT2D eigenvalue weighted by atomic mass is 35.5. The molecule has 0 aliphatic heterocycles. The zero-order chi connectivity index (χ0) is 15.9. The van der Waals surface area contributed by atoms with Crippen LogP contribution < -0.4 is 5.32 Å². The number of amides is 1. The average Bonchev–Trinajstić information content (AvgIpc) is 2.84.